The first kappa shape index (κ1) is 18.4. The number of carbonyl (C=O) groups is 1. The van der Waals surface area contributed by atoms with Crippen molar-refractivity contribution in [3.63, 3.8) is 0 Å². The monoisotopic (exact) mass is 368 g/mol. The highest BCUT2D eigenvalue weighted by Crippen LogP contribution is 2.19. The highest BCUT2D eigenvalue weighted by molar-refractivity contribution is 6.01. The van der Waals surface area contributed by atoms with E-state index in [1.165, 1.54) is 11.0 Å². The summed E-state index contributed by atoms with van der Waals surface area (Å²) in [7, 11) is 3.16. The zero-order valence-electron chi connectivity index (χ0n) is 15.0. The summed E-state index contributed by atoms with van der Waals surface area (Å²) >= 11 is 0. The van der Waals surface area contributed by atoms with Crippen molar-refractivity contribution in [3.8, 4) is 11.5 Å². The maximum atomic E-state index is 12.3. The molecular formula is C19H20N4O4. The van der Waals surface area contributed by atoms with Gasteiger partial charge in [-0.1, -0.05) is 12.1 Å². The third kappa shape index (κ3) is 4.62. The van der Waals surface area contributed by atoms with E-state index < -0.39 is 12.0 Å². The second kappa shape index (κ2) is 8.33. The van der Waals surface area contributed by atoms with Crippen LogP contribution in [0.2, 0.25) is 0 Å². The topological polar surface area (TPSA) is 98.5 Å². The lowest BCUT2D eigenvalue weighted by Gasteiger charge is -2.11. The zero-order chi connectivity index (χ0) is 19.2. The molecule has 0 fully saturated rings. The smallest absolute Gasteiger partial charge is 0.295 e. The molecule has 1 heterocycles. The Bertz CT molecular complexity index is 891. The summed E-state index contributed by atoms with van der Waals surface area (Å²) in [5, 5.41) is 17.2. The van der Waals surface area contributed by atoms with Crippen LogP contribution in [0.5, 0.6) is 11.5 Å². The number of carbonyl (C=O) groups excluding carboxylic acids is 1. The molecule has 0 aliphatic rings. The first-order valence-corrected chi connectivity index (χ1v) is 8.26. The lowest BCUT2D eigenvalue weighted by atomic mass is 10.1. The van der Waals surface area contributed by atoms with Gasteiger partial charge in [0.25, 0.3) is 5.91 Å². The van der Waals surface area contributed by atoms with E-state index >= 15 is 0 Å². The molecule has 3 rings (SSSR count). The summed E-state index contributed by atoms with van der Waals surface area (Å²) in [6.45, 7) is 0.176. The van der Waals surface area contributed by atoms with Crippen LogP contribution in [0, 0.1) is 0 Å². The van der Waals surface area contributed by atoms with Crippen LogP contribution in [0.4, 0.5) is 5.69 Å². The number of nitrogens with one attached hydrogen (secondary N) is 1. The minimum atomic E-state index is -0.782. The molecule has 27 heavy (non-hydrogen) atoms. The van der Waals surface area contributed by atoms with Crippen LogP contribution in [0.1, 0.15) is 22.3 Å². The Morgan fingerprint density at radius 2 is 1.67 bits per heavy atom. The van der Waals surface area contributed by atoms with Crippen molar-refractivity contribution < 1.29 is 19.4 Å². The van der Waals surface area contributed by atoms with Gasteiger partial charge < -0.3 is 19.9 Å². The first-order chi connectivity index (χ1) is 13.1. The van der Waals surface area contributed by atoms with Gasteiger partial charge >= 0.3 is 0 Å². The van der Waals surface area contributed by atoms with Gasteiger partial charge in [0.2, 0.25) is 5.82 Å². The molecule has 0 radical (unpaired) electrons. The molecule has 2 N–H and O–H groups in total. The molecule has 1 amide bonds. The van der Waals surface area contributed by atoms with Gasteiger partial charge in [0.1, 0.15) is 17.8 Å². The van der Waals surface area contributed by atoms with E-state index in [0.29, 0.717) is 17.2 Å². The average molecular weight is 368 g/mol. The van der Waals surface area contributed by atoms with Crippen molar-refractivity contribution in [3.05, 3.63) is 66.2 Å². The molecule has 2 aromatic carbocycles. The van der Waals surface area contributed by atoms with E-state index in [1.54, 1.807) is 62.8 Å². The number of benzene rings is 2. The van der Waals surface area contributed by atoms with Crippen LogP contribution in [0.25, 0.3) is 0 Å². The quantitative estimate of drug-likeness (QED) is 0.664. The Labute approximate surface area is 156 Å². The number of aliphatic hydroxyl groups excluding tert-OH is 1. The molecule has 3 aromatic rings. The summed E-state index contributed by atoms with van der Waals surface area (Å²) in [4.78, 5) is 16.3. The molecule has 1 atom stereocenters. The van der Waals surface area contributed by atoms with Crippen LogP contribution in [-0.4, -0.2) is 40.0 Å². The Hall–Kier alpha value is -3.39. The second-order valence-corrected chi connectivity index (χ2v) is 5.76. The number of aromatic nitrogens is 3. The van der Waals surface area contributed by atoms with E-state index in [2.05, 4.69) is 15.4 Å². The normalized spacial score (nSPS) is 11.7. The molecule has 8 nitrogen and oxygen atoms in total. The lowest BCUT2D eigenvalue weighted by Crippen LogP contribution is -2.15. The maximum Gasteiger partial charge on any atom is 0.295 e. The van der Waals surface area contributed by atoms with Crippen molar-refractivity contribution in [2.75, 3.05) is 19.5 Å². The minimum Gasteiger partial charge on any atom is -0.497 e. The van der Waals surface area contributed by atoms with Gasteiger partial charge in [0, 0.05) is 5.69 Å². The van der Waals surface area contributed by atoms with E-state index in [4.69, 9.17) is 9.47 Å². The van der Waals surface area contributed by atoms with E-state index in [0.717, 1.165) is 5.56 Å². The fraction of sp³-hybridized carbons (Fsp3) is 0.211. The number of nitrogens with zero attached hydrogens (tertiary/aromatic N) is 3. The number of ether oxygens (including phenoxy) is 2. The van der Waals surface area contributed by atoms with Crippen LogP contribution in [-0.2, 0) is 6.54 Å². The fourth-order valence-corrected chi connectivity index (χ4v) is 2.46. The number of rotatable bonds is 7. The van der Waals surface area contributed by atoms with E-state index in [9.17, 15) is 9.90 Å². The number of aliphatic hydroxyl groups is 1. The summed E-state index contributed by atoms with van der Waals surface area (Å²) in [5.41, 5.74) is 1.32. The number of amides is 1. The van der Waals surface area contributed by atoms with Gasteiger partial charge in [-0.2, -0.15) is 0 Å². The molecule has 0 bridgehead atoms. The van der Waals surface area contributed by atoms with Gasteiger partial charge in [-0.05, 0) is 42.0 Å². The fourth-order valence-electron chi connectivity index (χ4n) is 2.46. The van der Waals surface area contributed by atoms with Crippen molar-refractivity contribution in [1.29, 1.82) is 0 Å². The average Bonchev–Trinajstić information content (AvgIpc) is 3.17. The molecule has 1 aromatic heterocycles. The molecule has 8 heteroatoms. The van der Waals surface area contributed by atoms with Crippen LogP contribution in [0.15, 0.2) is 54.9 Å². The third-order valence-corrected chi connectivity index (χ3v) is 3.95. The van der Waals surface area contributed by atoms with Gasteiger partial charge in [-0.15, -0.1) is 5.10 Å². The van der Waals surface area contributed by atoms with Crippen molar-refractivity contribution in [2.24, 2.45) is 0 Å². The second-order valence-electron chi connectivity index (χ2n) is 5.76. The molecule has 140 valence electrons. The molecular weight excluding hydrogens is 348 g/mol. The van der Waals surface area contributed by atoms with Gasteiger partial charge in [-0.3, -0.25) is 4.79 Å². The SMILES string of the molecule is COc1ccc(NC(=O)c2ncn(C[C@@H](O)c3ccc(OC)cc3)n2)cc1. The van der Waals surface area contributed by atoms with Crippen molar-refractivity contribution >= 4 is 11.6 Å². The zero-order valence-corrected chi connectivity index (χ0v) is 15.0. The Morgan fingerprint density at radius 1 is 1.07 bits per heavy atom. The Balaban J connectivity index is 1.61. The van der Waals surface area contributed by atoms with Crippen LogP contribution < -0.4 is 14.8 Å². The minimum absolute atomic E-state index is 0.0211. The van der Waals surface area contributed by atoms with Gasteiger partial charge in [0.15, 0.2) is 0 Å². The van der Waals surface area contributed by atoms with Gasteiger partial charge in [-0.25, -0.2) is 9.67 Å². The predicted octanol–water partition coefficient (Wildman–Crippen LogP) is 2.28. The summed E-state index contributed by atoms with van der Waals surface area (Å²) in [5.74, 6) is 0.998. The van der Waals surface area contributed by atoms with Crippen LogP contribution >= 0.6 is 0 Å². The first-order valence-electron chi connectivity index (χ1n) is 8.26. The lowest BCUT2D eigenvalue weighted by molar-refractivity contribution is 0.101. The molecule has 0 saturated carbocycles. The molecule has 0 spiro atoms. The molecule has 0 unspecified atom stereocenters. The largest absolute Gasteiger partial charge is 0.497 e. The van der Waals surface area contributed by atoms with Crippen LogP contribution in [0.3, 0.4) is 0 Å². The molecule has 0 saturated heterocycles. The van der Waals surface area contributed by atoms with Crippen molar-refractivity contribution in [2.45, 2.75) is 12.6 Å². The Morgan fingerprint density at radius 3 is 2.26 bits per heavy atom. The van der Waals surface area contributed by atoms with E-state index in [1.807, 2.05) is 0 Å². The highest BCUT2D eigenvalue weighted by Gasteiger charge is 2.14. The summed E-state index contributed by atoms with van der Waals surface area (Å²) < 4.78 is 11.6. The summed E-state index contributed by atoms with van der Waals surface area (Å²) in [6.07, 6.45) is 0.630. The number of anilines is 1. The standard InChI is InChI=1S/C19H20N4O4/c1-26-15-7-3-13(4-8-15)17(24)11-23-12-20-18(22-23)19(25)21-14-5-9-16(27-2)10-6-14/h3-10,12,17,24H,11H2,1-2H3,(H,21,25)/t17-/m1/s1. The molecule has 0 aliphatic heterocycles. The van der Waals surface area contributed by atoms with E-state index in [-0.39, 0.29) is 12.4 Å². The number of methoxy groups -OCH3 is 2. The summed E-state index contributed by atoms with van der Waals surface area (Å²) in [6, 6.07) is 14.0. The maximum absolute atomic E-state index is 12.3. The number of hydrogen-bond acceptors (Lipinski definition) is 6. The van der Waals surface area contributed by atoms with Crippen molar-refractivity contribution in [1.82, 2.24) is 14.8 Å². The predicted molar refractivity (Wildman–Crippen MR) is 98.9 cm³/mol. The highest BCUT2D eigenvalue weighted by atomic mass is 16.5. The third-order valence-electron chi connectivity index (χ3n) is 3.95. The Kier molecular flexibility index (Phi) is 5.68. The molecule has 0 aliphatic carbocycles. The van der Waals surface area contributed by atoms with Gasteiger partial charge in [0.05, 0.1) is 26.9 Å². The number of hydrogen-bond donors (Lipinski definition) is 2.